The van der Waals surface area contributed by atoms with Gasteiger partial charge in [-0.05, 0) is 79.0 Å². The summed E-state index contributed by atoms with van der Waals surface area (Å²) >= 11 is 1.86. The van der Waals surface area contributed by atoms with Crippen molar-refractivity contribution in [3.63, 3.8) is 0 Å². The van der Waals surface area contributed by atoms with Crippen LogP contribution in [-0.4, -0.2) is 0 Å². The van der Waals surface area contributed by atoms with Crippen LogP contribution in [-0.2, 0) is 0 Å². The molecule has 2 heterocycles. The molecule has 3 nitrogen and oxygen atoms in total. The van der Waals surface area contributed by atoms with Crippen molar-refractivity contribution in [2.75, 3.05) is 0 Å². The summed E-state index contributed by atoms with van der Waals surface area (Å²) in [5, 5.41) is 14.3. The fraction of sp³-hybridized carbons (Fsp3) is 0.0698. The van der Waals surface area contributed by atoms with Crippen molar-refractivity contribution in [3.05, 3.63) is 180 Å². The SMILES string of the molecule is c1ccc(-c2cccc(C3NC(c4ccccc4)NC(c4ccc5c6c(cccc46)-c4ccccc4Sc4ccccc4-5)N3)c2)cc1. The molecule has 226 valence electrons. The molecule has 3 unspecified atom stereocenters. The smallest absolute Gasteiger partial charge is 0.0870 e. The molecule has 3 atom stereocenters. The van der Waals surface area contributed by atoms with Crippen LogP contribution < -0.4 is 16.0 Å². The molecule has 0 spiro atoms. The number of hydrogen-bond donors (Lipinski definition) is 3. The maximum Gasteiger partial charge on any atom is 0.0870 e. The number of rotatable bonds is 4. The molecule has 9 rings (SSSR count). The Labute approximate surface area is 279 Å². The summed E-state index contributed by atoms with van der Waals surface area (Å²) in [6.07, 6.45) is -0.242. The van der Waals surface area contributed by atoms with Crippen molar-refractivity contribution < 1.29 is 0 Å². The van der Waals surface area contributed by atoms with Gasteiger partial charge in [0.05, 0.1) is 18.5 Å². The van der Waals surface area contributed by atoms with E-state index in [2.05, 4.69) is 180 Å². The van der Waals surface area contributed by atoms with Crippen LogP contribution in [0.3, 0.4) is 0 Å². The standard InChI is InChI=1S/C43H33N3S/c1-3-13-28(14-4-1)30-17-11-18-31(27-30)42-44-41(29-15-5-2-6-16-29)45-43(46-42)37-26-25-36-33-20-8-10-24-39(33)47-38-23-9-7-19-32(38)34-21-12-22-35(37)40(34)36/h1-27,41-46H. The zero-order valence-electron chi connectivity index (χ0n) is 25.7. The molecule has 1 fully saturated rings. The van der Waals surface area contributed by atoms with Crippen molar-refractivity contribution in [1.29, 1.82) is 0 Å². The Morgan fingerprint density at radius 3 is 1.66 bits per heavy atom. The molecule has 0 saturated carbocycles. The zero-order chi connectivity index (χ0) is 31.2. The second-order valence-corrected chi connectivity index (χ2v) is 13.3. The van der Waals surface area contributed by atoms with Gasteiger partial charge in [0.1, 0.15) is 0 Å². The van der Waals surface area contributed by atoms with Crippen molar-refractivity contribution in [1.82, 2.24) is 16.0 Å². The number of fused-ring (bicyclic) bond motifs is 4. The Kier molecular flexibility index (Phi) is 7.22. The lowest BCUT2D eigenvalue weighted by atomic mass is 9.88. The summed E-state index contributed by atoms with van der Waals surface area (Å²) in [5.74, 6) is 0. The van der Waals surface area contributed by atoms with Crippen LogP contribution in [0.2, 0.25) is 0 Å². The van der Waals surface area contributed by atoms with Crippen molar-refractivity contribution in [2.45, 2.75) is 28.3 Å². The van der Waals surface area contributed by atoms with Gasteiger partial charge in [-0.3, -0.25) is 16.0 Å². The molecule has 0 amide bonds. The van der Waals surface area contributed by atoms with Crippen LogP contribution in [0.15, 0.2) is 174 Å². The van der Waals surface area contributed by atoms with Gasteiger partial charge >= 0.3 is 0 Å². The Balaban J connectivity index is 1.20. The second-order valence-electron chi connectivity index (χ2n) is 12.2. The van der Waals surface area contributed by atoms with E-state index in [1.165, 1.54) is 70.6 Å². The summed E-state index contributed by atoms with van der Waals surface area (Å²) in [6.45, 7) is 0. The largest absolute Gasteiger partial charge is 0.279 e. The molecule has 7 aromatic rings. The minimum atomic E-state index is -0.110. The summed E-state index contributed by atoms with van der Waals surface area (Å²) in [7, 11) is 0. The molecule has 0 radical (unpaired) electrons. The molecule has 0 bridgehead atoms. The zero-order valence-corrected chi connectivity index (χ0v) is 26.5. The van der Waals surface area contributed by atoms with Crippen molar-refractivity contribution in [3.8, 4) is 33.4 Å². The first-order valence-corrected chi connectivity index (χ1v) is 17.0. The maximum atomic E-state index is 3.97. The first-order chi connectivity index (χ1) is 23.3. The lowest BCUT2D eigenvalue weighted by Crippen LogP contribution is -2.54. The quantitative estimate of drug-likeness (QED) is 0.182. The van der Waals surface area contributed by atoms with E-state index in [4.69, 9.17) is 0 Å². The summed E-state index contributed by atoms with van der Waals surface area (Å²) in [6, 6.07) is 59.3. The van der Waals surface area contributed by atoms with Crippen LogP contribution in [0.1, 0.15) is 35.2 Å². The van der Waals surface area contributed by atoms with Gasteiger partial charge in [0.2, 0.25) is 0 Å². The van der Waals surface area contributed by atoms with Crippen molar-refractivity contribution in [2.24, 2.45) is 0 Å². The highest BCUT2D eigenvalue weighted by Gasteiger charge is 2.31. The first-order valence-electron chi connectivity index (χ1n) is 16.2. The molecule has 4 heteroatoms. The van der Waals surface area contributed by atoms with E-state index in [-0.39, 0.29) is 18.5 Å². The molecule has 7 aromatic carbocycles. The Bertz CT molecular complexity index is 2180. The van der Waals surface area contributed by atoms with E-state index in [1.54, 1.807) is 0 Å². The summed E-state index contributed by atoms with van der Waals surface area (Å²) in [4.78, 5) is 2.56. The molecule has 0 aliphatic carbocycles. The lowest BCUT2D eigenvalue weighted by molar-refractivity contribution is 0.204. The Morgan fingerprint density at radius 1 is 0.383 bits per heavy atom. The van der Waals surface area contributed by atoms with E-state index in [0.29, 0.717) is 0 Å². The average Bonchev–Trinajstić information content (AvgIpc) is 3.15. The summed E-state index contributed by atoms with van der Waals surface area (Å²) < 4.78 is 0. The minimum Gasteiger partial charge on any atom is -0.279 e. The van der Waals surface area contributed by atoms with Gasteiger partial charge in [-0.15, -0.1) is 0 Å². The van der Waals surface area contributed by atoms with Crippen LogP contribution in [0.4, 0.5) is 0 Å². The highest BCUT2D eigenvalue weighted by molar-refractivity contribution is 7.99. The van der Waals surface area contributed by atoms with Crippen molar-refractivity contribution >= 4 is 22.5 Å². The third-order valence-corrected chi connectivity index (χ3v) is 10.6. The van der Waals surface area contributed by atoms with Crippen LogP contribution >= 0.6 is 11.8 Å². The maximum absolute atomic E-state index is 3.97. The Morgan fingerprint density at radius 2 is 0.915 bits per heavy atom. The molecular formula is C43H33N3S. The molecule has 3 N–H and O–H groups in total. The molecule has 47 heavy (non-hydrogen) atoms. The number of benzene rings is 7. The predicted molar refractivity (Wildman–Crippen MR) is 195 cm³/mol. The van der Waals surface area contributed by atoms with Crippen LogP contribution in [0.25, 0.3) is 44.2 Å². The molecule has 2 aliphatic heterocycles. The highest BCUT2D eigenvalue weighted by Crippen LogP contribution is 2.49. The highest BCUT2D eigenvalue weighted by atomic mass is 32.2. The van der Waals surface area contributed by atoms with Crippen LogP contribution in [0, 0.1) is 0 Å². The fourth-order valence-corrected chi connectivity index (χ4v) is 8.29. The molecule has 1 saturated heterocycles. The number of hydrogen-bond acceptors (Lipinski definition) is 4. The van der Waals surface area contributed by atoms with Gasteiger partial charge in [0.25, 0.3) is 0 Å². The number of nitrogens with one attached hydrogen (secondary N) is 3. The molecule has 0 aromatic heterocycles. The van der Waals surface area contributed by atoms with Gasteiger partial charge in [-0.2, -0.15) is 0 Å². The normalized spacial score (nSPS) is 18.5. The monoisotopic (exact) mass is 623 g/mol. The minimum absolute atomic E-state index is 0.0533. The lowest BCUT2D eigenvalue weighted by Gasteiger charge is -2.40. The second kappa shape index (κ2) is 12.0. The van der Waals surface area contributed by atoms with Crippen LogP contribution in [0.5, 0.6) is 0 Å². The van der Waals surface area contributed by atoms with E-state index in [1.807, 2.05) is 11.8 Å². The predicted octanol–water partition coefficient (Wildman–Crippen LogP) is 10.5. The molecular weight excluding hydrogens is 591 g/mol. The van der Waals surface area contributed by atoms with E-state index in [9.17, 15) is 0 Å². The van der Waals surface area contributed by atoms with E-state index in [0.717, 1.165) is 0 Å². The van der Waals surface area contributed by atoms with E-state index >= 15 is 0 Å². The third kappa shape index (κ3) is 5.16. The Hall–Kier alpha value is -4.97. The van der Waals surface area contributed by atoms with Gasteiger partial charge in [0.15, 0.2) is 0 Å². The fourth-order valence-electron chi connectivity index (χ4n) is 7.19. The van der Waals surface area contributed by atoms with Gasteiger partial charge in [0, 0.05) is 9.79 Å². The van der Waals surface area contributed by atoms with E-state index < -0.39 is 0 Å². The average molecular weight is 624 g/mol. The van der Waals surface area contributed by atoms with Gasteiger partial charge in [-0.25, -0.2) is 0 Å². The van der Waals surface area contributed by atoms with Gasteiger partial charge < -0.3 is 0 Å². The molecule has 2 aliphatic rings. The third-order valence-electron chi connectivity index (χ3n) is 9.42. The summed E-state index contributed by atoms with van der Waals surface area (Å²) in [5.41, 5.74) is 11.2. The first kappa shape index (κ1) is 28.3. The topological polar surface area (TPSA) is 36.1 Å². The van der Waals surface area contributed by atoms with Gasteiger partial charge in [-0.1, -0.05) is 157 Å².